The standard InChI is InChI=1S/C13H13F3N2O/c1-3-8-5-6-9(11(19)4-2)10-7-12(13(14,15)16)17-18(8)10/h5-7H,3-4H2,1-2H3. The second kappa shape index (κ2) is 4.68. The van der Waals surface area contributed by atoms with Crippen molar-refractivity contribution in [2.45, 2.75) is 32.9 Å². The molecule has 0 atom stereocenters. The maximum atomic E-state index is 12.7. The van der Waals surface area contributed by atoms with Crippen molar-refractivity contribution in [2.75, 3.05) is 0 Å². The van der Waals surface area contributed by atoms with E-state index in [1.807, 2.05) is 6.92 Å². The van der Waals surface area contributed by atoms with Gasteiger partial charge < -0.3 is 0 Å². The number of halogens is 3. The smallest absolute Gasteiger partial charge is 0.294 e. The molecular formula is C13H13F3N2O. The van der Waals surface area contributed by atoms with Gasteiger partial charge in [0.05, 0.1) is 5.52 Å². The summed E-state index contributed by atoms with van der Waals surface area (Å²) in [5.74, 6) is -0.193. The summed E-state index contributed by atoms with van der Waals surface area (Å²) in [5.41, 5.74) is 0.165. The largest absolute Gasteiger partial charge is 0.435 e. The van der Waals surface area contributed by atoms with Crippen LogP contribution >= 0.6 is 0 Å². The van der Waals surface area contributed by atoms with Crippen LogP contribution in [0.1, 0.15) is 42.0 Å². The molecule has 0 amide bonds. The van der Waals surface area contributed by atoms with Crippen molar-refractivity contribution in [1.82, 2.24) is 9.61 Å². The van der Waals surface area contributed by atoms with Gasteiger partial charge in [-0.15, -0.1) is 0 Å². The van der Waals surface area contributed by atoms with E-state index in [-0.39, 0.29) is 23.3 Å². The number of nitrogens with zero attached hydrogens (tertiary/aromatic N) is 2. The predicted octanol–water partition coefficient (Wildman–Crippen LogP) is 3.51. The topological polar surface area (TPSA) is 34.4 Å². The molecule has 2 heterocycles. The van der Waals surface area contributed by atoms with Gasteiger partial charge in [0.1, 0.15) is 0 Å². The van der Waals surface area contributed by atoms with Crippen LogP contribution in [0.4, 0.5) is 13.2 Å². The van der Waals surface area contributed by atoms with Crippen LogP contribution in [0.25, 0.3) is 5.52 Å². The lowest BCUT2D eigenvalue weighted by Crippen LogP contribution is -2.07. The molecule has 0 unspecified atom stereocenters. The van der Waals surface area contributed by atoms with Gasteiger partial charge in [0, 0.05) is 17.7 Å². The van der Waals surface area contributed by atoms with Crippen molar-refractivity contribution in [3.8, 4) is 0 Å². The molecule has 6 heteroatoms. The van der Waals surface area contributed by atoms with E-state index < -0.39 is 11.9 Å². The number of carbonyl (C=O) groups excluding carboxylic acids is 1. The summed E-state index contributed by atoms with van der Waals surface area (Å²) in [6.45, 7) is 3.50. The first-order valence-corrected chi connectivity index (χ1v) is 6.00. The molecule has 2 aromatic rings. The molecule has 0 saturated carbocycles. The number of alkyl halides is 3. The Labute approximate surface area is 108 Å². The minimum Gasteiger partial charge on any atom is -0.294 e. The van der Waals surface area contributed by atoms with E-state index in [1.54, 1.807) is 19.1 Å². The van der Waals surface area contributed by atoms with Crippen LogP contribution in [0, 0.1) is 0 Å². The normalized spacial score (nSPS) is 12.1. The molecule has 0 N–H and O–H groups in total. The van der Waals surface area contributed by atoms with Gasteiger partial charge in [-0.2, -0.15) is 18.3 Å². The number of hydrogen-bond acceptors (Lipinski definition) is 2. The minimum atomic E-state index is -4.51. The van der Waals surface area contributed by atoms with Gasteiger partial charge in [0.2, 0.25) is 0 Å². The van der Waals surface area contributed by atoms with Crippen LogP contribution in [0.2, 0.25) is 0 Å². The van der Waals surface area contributed by atoms with Gasteiger partial charge in [-0.05, 0) is 24.6 Å². The van der Waals surface area contributed by atoms with Crippen LogP contribution in [-0.4, -0.2) is 15.4 Å². The summed E-state index contributed by atoms with van der Waals surface area (Å²) >= 11 is 0. The number of pyridine rings is 1. The first-order valence-electron chi connectivity index (χ1n) is 6.00. The molecule has 0 aliphatic carbocycles. The molecule has 3 nitrogen and oxygen atoms in total. The van der Waals surface area contributed by atoms with E-state index >= 15 is 0 Å². The summed E-state index contributed by atoms with van der Waals surface area (Å²) in [4.78, 5) is 11.8. The molecule has 0 fully saturated rings. The average Bonchev–Trinajstić information content (AvgIpc) is 2.81. The van der Waals surface area contributed by atoms with E-state index in [0.717, 1.165) is 6.07 Å². The fourth-order valence-corrected chi connectivity index (χ4v) is 1.96. The van der Waals surface area contributed by atoms with E-state index in [0.29, 0.717) is 12.1 Å². The van der Waals surface area contributed by atoms with Crippen molar-refractivity contribution >= 4 is 11.3 Å². The molecule has 0 bridgehead atoms. The summed E-state index contributed by atoms with van der Waals surface area (Å²) in [5, 5.41) is 3.57. The Morgan fingerprint density at radius 2 is 2.00 bits per heavy atom. The molecule has 0 aromatic carbocycles. The number of hydrogen-bond donors (Lipinski definition) is 0. The van der Waals surface area contributed by atoms with Crippen molar-refractivity contribution in [3.05, 3.63) is 35.2 Å². The number of carbonyl (C=O) groups is 1. The van der Waals surface area contributed by atoms with Gasteiger partial charge >= 0.3 is 6.18 Å². The summed E-state index contributed by atoms with van der Waals surface area (Å²) in [7, 11) is 0. The lowest BCUT2D eigenvalue weighted by molar-refractivity contribution is -0.141. The van der Waals surface area contributed by atoms with Crippen LogP contribution in [-0.2, 0) is 12.6 Å². The fourth-order valence-electron chi connectivity index (χ4n) is 1.96. The molecule has 102 valence electrons. The van der Waals surface area contributed by atoms with Crippen molar-refractivity contribution in [1.29, 1.82) is 0 Å². The highest BCUT2D eigenvalue weighted by Gasteiger charge is 2.34. The number of ketones is 1. The number of rotatable bonds is 3. The second-order valence-electron chi connectivity index (χ2n) is 4.19. The highest BCUT2D eigenvalue weighted by molar-refractivity contribution is 6.02. The Morgan fingerprint density at radius 3 is 2.53 bits per heavy atom. The molecule has 0 saturated heterocycles. The lowest BCUT2D eigenvalue weighted by Gasteiger charge is -2.05. The summed E-state index contributed by atoms with van der Waals surface area (Å²) in [6.07, 6.45) is -3.73. The monoisotopic (exact) mass is 270 g/mol. The highest BCUT2D eigenvalue weighted by atomic mass is 19.4. The maximum Gasteiger partial charge on any atom is 0.435 e. The van der Waals surface area contributed by atoms with Crippen molar-refractivity contribution in [3.63, 3.8) is 0 Å². The number of aromatic nitrogens is 2. The molecule has 2 rings (SSSR count). The third kappa shape index (κ3) is 2.34. The summed E-state index contributed by atoms with van der Waals surface area (Å²) in [6, 6.07) is 4.15. The second-order valence-corrected chi connectivity index (χ2v) is 4.19. The molecule has 0 aliphatic heterocycles. The third-order valence-corrected chi connectivity index (χ3v) is 2.97. The molecule has 0 aliphatic rings. The van der Waals surface area contributed by atoms with Crippen molar-refractivity contribution < 1.29 is 18.0 Å². The summed E-state index contributed by atoms with van der Waals surface area (Å²) < 4.78 is 39.4. The number of aryl methyl sites for hydroxylation is 1. The molecule has 0 spiro atoms. The van der Waals surface area contributed by atoms with E-state index in [1.165, 1.54) is 4.52 Å². The zero-order chi connectivity index (χ0) is 14.2. The highest BCUT2D eigenvalue weighted by Crippen LogP contribution is 2.30. The average molecular weight is 270 g/mol. The van der Waals surface area contributed by atoms with Gasteiger partial charge in [-0.25, -0.2) is 4.52 Å². The van der Waals surface area contributed by atoms with Crippen molar-refractivity contribution in [2.24, 2.45) is 0 Å². The van der Waals surface area contributed by atoms with Gasteiger partial charge in [-0.3, -0.25) is 4.79 Å². The van der Waals surface area contributed by atoms with Gasteiger partial charge in [0.15, 0.2) is 11.5 Å². The SMILES string of the molecule is CCC(=O)c1ccc(CC)n2nc(C(F)(F)F)cc12. The molecule has 2 aromatic heterocycles. The molecular weight excluding hydrogens is 257 g/mol. The Bertz CT molecular complexity index is 629. The Morgan fingerprint density at radius 1 is 1.32 bits per heavy atom. The van der Waals surface area contributed by atoms with E-state index in [9.17, 15) is 18.0 Å². The lowest BCUT2D eigenvalue weighted by atomic mass is 10.1. The maximum absolute atomic E-state index is 12.7. The van der Waals surface area contributed by atoms with E-state index in [4.69, 9.17) is 0 Å². The number of Topliss-reactive ketones (excluding diaryl/α,β-unsaturated/α-hetero) is 1. The first-order chi connectivity index (χ1) is 8.88. The first kappa shape index (κ1) is 13.6. The zero-order valence-electron chi connectivity index (χ0n) is 10.6. The Balaban J connectivity index is 2.74. The number of fused-ring (bicyclic) bond motifs is 1. The molecule has 0 radical (unpaired) electrons. The van der Waals surface area contributed by atoms with Crippen LogP contribution in [0.15, 0.2) is 18.2 Å². The zero-order valence-corrected chi connectivity index (χ0v) is 10.6. The van der Waals surface area contributed by atoms with Crippen LogP contribution in [0.3, 0.4) is 0 Å². The third-order valence-electron chi connectivity index (χ3n) is 2.97. The van der Waals surface area contributed by atoms with Gasteiger partial charge in [0.25, 0.3) is 0 Å². The minimum absolute atomic E-state index is 0.193. The van der Waals surface area contributed by atoms with Crippen LogP contribution in [0.5, 0.6) is 0 Å². The fraction of sp³-hybridized carbons (Fsp3) is 0.385. The Hall–Kier alpha value is -1.85. The predicted molar refractivity (Wildman–Crippen MR) is 64.2 cm³/mol. The molecule has 19 heavy (non-hydrogen) atoms. The quantitative estimate of drug-likeness (QED) is 0.800. The van der Waals surface area contributed by atoms with Gasteiger partial charge in [-0.1, -0.05) is 13.8 Å². The van der Waals surface area contributed by atoms with E-state index in [2.05, 4.69) is 5.10 Å². The van der Waals surface area contributed by atoms with Crippen LogP contribution < -0.4 is 0 Å². The Kier molecular flexibility index (Phi) is 3.34.